The molecule has 1 aliphatic rings. The van der Waals surface area contributed by atoms with Crippen LogP contribution in [0.2, 0.25) is 0 Å². The maximum Gasteiger partial charge on any atom is 0.273 e. The summed E-state index contributed by atoms with van der Waals surface area (Å²) < 4.78 is 0. The fourth-order valence-corrected chi connectivity index (χ4v) is 3.96. The number of hydrogen-bond donors (Lipinski definition) is 3. The molecule has 3 aromatic rings. The molecule has 2 aromatic carbocycles. The summed E-state index contributed by atoms with van der Waals surface area (Å²) in [6.45, 7) is 4.74. The van der Waals surface area contributed by atoms with Crippen molar-refractivity contribution in [3.05, 3.63) is 70.9 Å². The number of nitrogens with one attached hydrogen (secondary N) is 1. The molecule has 3 N–H and O–H groups in total. The Bertz CT molecular complexity index is 1020. The zero-order chi connectivity index (χ0) is 20.5. The van der Waals surface area contributed by atoms with Crippen LogP contribution in [-0.4, -0.2) is 44.4 Å². The standard InChI is InChI=1S/C23H25N3O3/c1-14(2)15-8-10-16(11-9-15)22-19-20(17-6-3-4-7-18(17)28)24-25-21(19)23(29)26(22)12-5-13-27/h3-4,6-11,14,22,27-28H,5,12-13H2,1-2H3,(H,24,25)/t22-/m1/s1. The number of carbonyl (C=O) groups excluding carboxylic acids is 1. The van der Waals surface area contributed by atoms with Crippen molar-refractivity contribution in [3.63, 3.8) is 0 Å². The molecule has 0 fully saturated rings. The van der Waals surface area contributed by atoms with Crippen LogP contribution in [0.5, 0.6) is 5.75 Å². The number of amides is 1. The number of rotatable bonds is 6. The lowest BCUT2D eigenvalue weighted by Gasteiger charge is -2.26. The van der Waals surface area contributed by atoms with Gasteiger partial charge in [0.2, 0.25) is 0 Å². The van der Waals surface area contributed by atoms with Gasteiger partial charge in [0.15, 0.2) is 0 Å². The summed E-state index contributed by atoms with van der Waals surface area (Å²) in [7, 11) is 0. The minimum atomic E-state index is -0.321. The number of para-hydroxylation sites is 1. The maximum absolute atomic E-state index is 13.1. The van der Waals surface area contributed by atoms with Crippen LogP contribution in [0.15, 0.2) is 48.5 Å². The monoisotopic (exact) mass is 391 g/mol. The zero-order valence-electron chi connectivity index (χ0n) is 16.6. The molecule has 0 aliphatic carbocycles. The molecule has 6 heteroatoms. The van der Waals surface area contributed by atoms with Crippen LogP contribution >= 0.6 is 0 Å². The zero-order valence-corrected chi connectivity index (χ0v) is 16.6. The number of aromatic hydroxyl groups is 1. The number of benzene rings is 2. The van der Waals surface area contributed by atoms with Crippen molar-refractivity contribution in [1.29, 1.82) is 0 Å². The Kier molecular flexibility index (Phi) is 5.11. The third kappa shape index (κ3) is 3.29. The quantitative estimate of drug-likeness (QED) is 0.596. The first-order valence-electron chi connectivity index (χ1n) is 9.91. The molecule has 4 rings (SSSR count). The van der Waals surface area contributed by atoms with Crippen molar-refractivity contribution >= 4 is 5.91 Å². The molecular weight excluding hydrogens is 366 g/mol. The van der Waals surface area contributed by atoms with Crippen LogP contribution in [0.1, 0.15) is 59.4 Å². The Hall–Kier alpha value is -3.12. The first-order chi connectivity index (χ1) is 14.0. The van der Waals surface area contributed by atoms with Gasteiger partial charge in [-0.05, 0) is 35.6 Å². The van der Waals surface area contributed by atoms with Gasteiger partial charge in [0.05, 0.1) is 6.04 Å². The number of aliphatic hydroxyl groups is 1. The van der Waals surface area contributed by atoms with Gasteiger partial charge in [-0.1, -0.05) is 50.2 Å². The van der Waals surface area contributed by atoms with E-state index in [1.165, 1.54) is 5.56 Å². The molecule has 29 heavy (non-hydrogen) atoms. The number of aromatic amines is 1. The highest BCUT2D eigenvalue weighted by molar-refractivity contribution is 6.00. The second-order valence-electron chi connectivity index (χ2n) is 7.68. The predicted molar refractivity (Wildman–Crippen MR) is 111 cm³/mol. The Morgan fingerprint density at radius 2 is 1.86 bits per heavy atom. The smallest absolute Gasteiger partial charge is 0.273 e. The van der Waals surface area contributed by atoms with Crippen LogP contribution in [-0.2, 0) is 0 Å². The first kappa shape index (κ1) is 19.2. The number of phenols is 1. The number of carbonyl (C=O) groups is 1. The molecule has 0 bridgehead atoms. The minimum absolute atomic E-state index is 0.0152. The van der Waals surface area contributed by atoms with Gasteiger partial charge in [-0.15, -0.1) is 0 Å². The number of hydrogen-bond acceptors (Lipinski definition) is 4. The largest absolute Gasteiger partial charge is 0.507 e. The summed E-state index contributed by atoms with van der Waals surface area (Å²) in [5.74, 6) is 0.401. The van der Waals surface area contributed by atoms with E-state index in [0.717, 1.165) is 11.1 Å². The highest BCUT2D eigenvalue weighted by atomic mass is 16.3. The van der Waals surface area contributed by atoms with Gasteiger partial charge >= 0.3 is 0 Å². The molecule has 1 amide bonds. The van der Waals surface area contributed by atoms with Gasteiger partial charge < -0.3 is 15.1 Å². The SMILES string of the molecule is CC(C)c1ccc([C@@H]2c3c(-c4ccccc4O)n[nH]c3C(=O)N2CCCO)cc1. The third-order valence-corrected chi connectivity index (χ3v) is 5.50. The molecule has 0 saturated heterocycles. The van der Waals surface area contributed by atoms with Crippen LogP contribution < -0.4 is 0 Å². The number of phenolic OH excluding ortho intramolecular Hbond substituents is 1. The maximum atomic E-state index is 13.1. The van der Waals surface area contributed by atoms with E-state index >= 15 is 0 Å². The lowest BCUT2D eigenvalue weighted by Crippen LogP contribution is -2.31. The molecule has 1 aliphatic heterocycles. The van der Waals surface area contributed by atoms with E-state index in [-0.39, 0.29) is 24.3 Å². The van der Waals surface area contributed by atoms with Crippen molar-refractivity contribution in [2.75, 3.05) is 13.2 Å². The Balaban J connectivity index is 1.85. The van der Waals surface area contributed by atoms with Gasteiger partial charge in [-0.25, -0.2) is 0 Å². The minimum Gasteiger partial charge on any atom is -0.507 e. The number of aromatic nitrogens is 2. The van der Waals surface area contributed by atoms with Gasteiger partial charge in [0, 0.05) is 24.3 Å². The lowest BCUT2D eigenvalue weighted by molar-refractivity contribution is 0.0732. The molecule has 0 spiro atoms. The number of fused-ring (bicyclic) bond motifs is 1. The van der Waals surface area contributed by atoms with Crippen LogP contribution in [0.4, 0.5) is 0 Å². The second-order valence-corrected chi connectivity index (χ2v) is 7.68. The van der Waals surface area contributed by atoms with Crippen molar-refractivity contribution in [2.24, 2.45) is 0 Å². The predicted octanol–water partition coefficient (Wildman–Crippen LogP) is 3.83. The van der Waals surface area contributed by atoms with E-state index < -0.39 is 0 Å². The van der Waals surface area contributed by atoms with E-state index in [0.29, 0.717) is 35.8 Å². The van der Waals surface area contributed by atoms with E-state index in [4.69, 9.17) is 0 Å². The topological polar surface area (TPSA) is 89.5 Å². The summed E-state index contributed by atoms with van der Waals surface area (Å²) >= 11 is 0. The molecule has 6 nitrogen and oxygen atoms in total. The summed E-state index contributed by atoms with van der Waals surface area (Å²) in [5.41, 5.74) is 4.60. The molecule has 0 unspecified atom stereocenters. The molecule has 0 saturated carbocycles. The Morgan fingerprint density at radius 1 is 1.14 bits per heavy atom. The van der Waals surface area contributed by atoms with E-state index in [1.54, 1.807) is 23.1 Å². The average molecular weight is 391 g/mol. The van der Waals surface area contributed by atoms with E-state index in [9.17, 15) is 15.0 Å². The number of H-pyrrole nitrogens is 1. The molecule has 0 radical (unpaired) electrons. The normalized spacial score (nSPS) is 15.9. The molecule has 1 aromatic heterocycles. The first-order valence-corrected chi connectivity index (χ1v) is 9.91. The van der Waals surface area contributed by atoms with Gasteiger partial charge in [0.25, 0.3) is 5.91 Å². The summed E-state index contributed by atoms with van der Waals surface area (Å²) in [6, 6.07) is 15.0. The number of nitrogens with zero attached hydrogens (tertiary/aromatic N) is 2. The Morgan fingerprint density at radius 3 is 2.52 bits per heavy atom. The van der Waals surface area contributed by atoms with Gasteiger partial charge in [0.1, 0.15) is 17.1 Å². The number of aliphatic hydroxyl groups excluding tert-OH is 1. The Labute approximate surface area is 169 Å². The van der Waals surface area contributed by atoms with E-state index in [1.807, 2.05) is 6.07 Å². The highest BCUT2D eigenvalue weighted by Crippen LogP contribution is 2.44. The van der Waals surface area contributed by atoms with E-state index in [2.05, 4.69) is 48.3 Å². The fourth-order valence-electron chi connectivity index (χ4n) is 3.96. The molecular formula is C23H25N3O3. The third-order valence-electron chi connectivity index (χ3n) is 5.50. The van der Waals surface area contributed by atoms with Crippen LogP contribution in [0.3, 0.4) is 0 Å². The van der Waals surface area contributed by atoms with Gasteiger partial charge in [-0.3, -0.25) is 9.89 Å². The molecule has 1 atom stereocenters. The van der Waals surface area contributed by atoms with Crippen molar-refractivity contribution < 1.29 is 15.0 Å². The molecule has 2 heterocycles. The summed E-state index contributed by atoms with van der Waals surface area (Å²) in [4.78, 5) is 14.9. The average Bonchev–Trinajstić information content (AvgIpc) is 3.26. The summed E-state index contributed by atoms with van der Waals surface area (Å²) in [6.07, 6.45) is 0.496. The van der Waals surface area contributed by atoms with Crippen LogP contribution in [0, 0.1) is 0 Å². The molecule has 150 valence electrons. The van der Waals surface area contributed by atoms with Crippen molar-refractivity contribution in [1.82, 2.24) is 15.1 Å². The second kappa shape index (κ2) is 7.72. The van der Waals surface area contributed by atoms with Crippen LogP contribution in [0.25, 0.3) is 11.3 Å². The highest BCUT2D eigenvalue weighted by Gasteiger charge is 2.42. The van der Waals surface area contributed by atoms with Crippen molar-refractivity contribution in [3.8, 4) is 17.0 Å². The lowest BCUT2D eigenvalue weighted by atomic mass is 9.93. The summed E-state index contributed by atoms with van der Waals surface area (Å²) in [5, 5.41) is 26.9. The van der Waals surface area contributed by atoms with Crippen molar-refractivity contribution in [2.45, 2.75) is 32.2 Å². The fraction of sp³-hybridized carbons (Fsp3) is 0.304. The van der Waals surface area contributed by atoms with Gasteiger partial charge in [-0.2, -0.15) is 5.10 Å².